The average Bonchev–Trinajstić information content (AvgIpc) is 2.41. The summed E-state index contributed by atoms with van der Waals surface area (Å²) in [7, 11) is 0. The Morgan fingerprint density at radius 2 is 2.26 bits per heavy atom. The van der Waals surface area contributed by atoms with E-state index in [2.05, 4.69) is 33.2 Å². The van der Waals surface area contributed by atoms with Gasteiger partial charge in [-0.25, -0.2) is 9.78 Å². The molecule has 0 aliphatic carbocycles. The van der Waals surface area contributed by atoms with Crippen molar-refractivity contribution >= 4 is 27.7 Å². The lowest BCUT2D eigenvalue weighted by atomic mass is 9.93. The molecule has 2 heterocycles. The molecule has 0 saturated carbocycles. The molecule has 1 atom stereocenters. The predicted octanol–water partition coefficient (Wildman–Crippen LogP) is 2.77. The van der Waals surface area contributed by atoms with Gasteiger partial charge in [0, 0.05) is 29.9 Å². The molecule has 5 nitrogen and oxygen atoms in total. The lowest BCUT2D eigenvalue weighted by Gasteiger charge is -2.29. The van der Waals surface area contributed by atoms with Crippen LogP contribution in [0.4, 0.5) is 5.82 Å². The van der Waals surface area contributed by atoms with E-state index in [0.717, 1.165) is 26.1 Å². The fraction of sp³-hybridized carbons (Fsp3) is 0.538. The molecule has 2 N–H and O–H groups in total. The van der Waals surface area contributed by atoms with Crippen LogP contribution in [-0.2, 0) is 4.74 Å². The molecule has 0 radical (unpaired) electrons. The number of anilines is 1. The number of carboxylic acids is 1. The van der Waals surface area contributed by atoms with E-state index in [1.54, 1.807) is 12.3 Å². The van der Waals surface area contributed by atoms with Gasteiger partial charge in [-0.3, -0.25) is 0 Å². The molecular weight excluding hydrogens is 312 g/mol. The van der Waals surface area contributed by atoms with E-state index < -0.39 is 5.97 Å². The Bertz CT molecular complexity index is 461. The van der Waals surface area contributed by atoms with Gasteiger partial charge < -0.3 is 15.2 Å². The lowest BCUT2D eigenvalue weighted by molar-refractivity contribution is 0.0620. The minimum absolute atomic E-state index is 0.177. The Morgan fingerprint density at radius 1 is 1.58 bits per heavy atom. The number of nitrogens with zero attached hydrogens (tertiary/aromatic N) is 1. The third-order valence-electron chi connectivity index (χ3n) is 3.42. The number of nitrogens with one attached hydrogen (secondary N) is 1. The van der Waals surface area contributed by atoms with Crippen molar-refractivity contribution in [2.45, 2.75) is 25.8 Å². The lowest BCUT2D eigenvalue weighted by Crippen LogP contribution is -2.31. The monoisotopic (exact) mass is 328 g/mol. The smallest absolute Gasteiger partial charge is 0.339 e. The van der Waals surface area contributed by atoms with E-state index in [0.29, 0.717) is 16.2 Å². The molecule has 0 spiro atoms. The number of carboxylic acid groups (broad SMARTS) is 1. The summed E-state index contributed by atoms with van der Waals surface area (Å²) in [6, 6.07) is 1.74. The number of hydrogen-bond donors (Lipinski definition) is 2. The highest BCUT2D eigenvalue weighted by Gasteiger charge is 2.22. The molecule has 1 fully saturated rings. The summed E-state index contributed by atoms with van der Waals surface area (Å²) in [5, 5.41) is 12.4. The van der Waals surface area contributed by atoms with Crippen LogP contribution in [-0.4, -0.2) is 35.3 Å². The van der Waals surface area contributed by atoms with E-state index in [1.165, 1.54) is 0 Å². The van der Waals surface area contributed by atoms with Gasteiger partial charge in [0.15, 0.2) is 0 Å². The van der Waals surface area contributed by atoms with Gasteiger partial charge in [0.25, 0.3) is 0 Å². The van der Waals surface area contributed by atoms with Gasteiger partial charge in [0.2, 0.25) is 0 Å². The zero-order valence-electron chi connectivity index (χ0n) is 10.7. The molecule has 1 unspecified atom stereocenters. The first kappa shape index (κ1) is 14.3. The van der Waals surface area contributed by atoms with E-state index in [1.807, 2.05) is 0 Å². The number of rotatable bonds is 4. The molecule has 2 rings (SSSR count). The minimum atomic E-state index is -0.976. The summed E-state index contributed by atoms with van der Waals surface area (Å²) in [5.41, 5.74) is 0.188. The Labute approximate surface area is 120 Å². The molecule has 0 aromatic carbocycles. The molecule has 19 heavy (non-hydrogen) atoms. The van der Waals surface area contributed by atoms with Crippen LogP contribution < -0.4 is 5.32 Å². The maximum Gasteiger partial charge on any atom is 0.339 e. The van der Waals surface area contributed by atoms with Crippen LogP contribution in [0.2, 0.25) is 0 Å². The zero-order chi connectivity index (χ0) is 13.8. The number of hydrogen-bond acceptors (Lipinski definition) is 4. The second-order valence-electron chi connectivity index (χ2n) is 4.74. The summed E-state index contributed by atoms with van der Waals surface area (Å²) in [6.45, 7) is 3.61. The first-order valence-corrected chi connectivity index (χ1v) is 7.10. The van der Waals surface area contributed by atoms with Gasteiger partial charge in [-0.2, -0.15) is 0 Å². The van der Waals surface area contributed by atoms with Crippen LogP contribution >= 0.6 is 15.9 Å². The van der Waals surface area contributed by atoms with Crippen molar-refractivity contribution < 1.29 is 14.6 Å². The number of aromatic carboxylic acids is 1. The number of halogens is 1. The van der Waals surface area contributed by atoms with Crippen LogP contribution in [0, 0.1) is 5.92 Å². The summed E-state index contributed by atoms with van der Waals surface area (Å²) in [4.78, 5) is 15.4. The molecule has 0 bridgehead atoms. The van der Waals surface area contributed by atoms with Crippen molar-refractivity contribution in [3.05, 3.63) is 22.3 Å². The Balaban J connectivity index is 2.11. The van der Waals surface area contributed by atoms with Gasteiger partial charge in [-0.1, -0.05) is 0 Å². The van der Waals surface area contributed by atoms with Crippen molar-refractivity contribution in [1.82, 2.24) is 4.98 Å². The van der Waals surface area contributed by atoms with Crippen molar-refractivity contribution in [3.8, 4) is 0 Å². The highest BCUT2D eigenvalue weighted by molar-refractivity contribution is 9.10. The SMILES string of the molecule is CC(Nc1ncc(Br)cc1C(=O)O)C1CCOCC1. The molecule has 1 saturated heterocycles. The molecule has 1 aromatic heterocycles. The molecule has 6 heteroatoms. The summed E-state index contributed by atoms with van der Waals surface area (Å²) in [5.74, 6) is -0.0639. The fourth-order valence-corrected chi connectivity index (χ4v) is 2.60. The number of pyridine rings is 1. The van der Waals surface area contributed by atoms with Crippen LogP contribution in [0.25, 0.3) is 0 Å². The predicted molar refractivity (Wildman–Crippen MR) is 75.5 cm³/mol. The molecule has 1 aromatic rings. The molecule has 1 aliphatic rings. The van der Waals surface area contributed by atoms with Crippen molar-refractivity contribution in [3.63, 3.8) is 0 Å². The molecule has 104 valence electrons. The van der Waals surface area contributed by atoms with Crippen molar-refractivity contribution in [2.24, 2.45) is 5.92 Å². The average molecular weight is 329 g/mol. The fourth-order valence-electron chi connectivity index (χ4n) is 2.27. The van der Waals surface area contributed by atoms with Crippen LogP contribution in [0.1, 0.15) is 30.1 Å². The van der Waals surface area contributed by atoms with Gasteiger partial charge in [-0.15, -0.1) is 0 Å². The second kappa shape index (κ2) is 6.34. The number of aromatic nitrogens is 1. The number of ether oxygens (including phenoxy) is 1. The van der Waals surface area contributed by atoms with Gasteiger partial charge in [0.1, 0.15) is 11.4 Å². The van der Waals surface area contributed by atoms with Crippen LogP contribution in [0.15, 0.2) is 16.7 Å². The maximum absolute atomic E-state index is 11.2. The topological polar surface area (TPSA) is 71.5 Å². The molecule has 0 amide bonds. The Hall–Kier alpha value is -1.14. The van der Waals surface area contributed by atoms with Gasteiger partial charge in [0.05, 0.1) is 0 Å². The van der Waals surface area contributed by atoms with E-state index in [-0.39, 0.29) is 11.6 Å². The third kappa shape index (κ3) is 3.67. The second-order valence-corrected chi connectivity index (χ2v) is 5.65. The quantitative estimate of drug-likeness (QED) is 0.889. The molecule has 1 aliphatic heterocycles. The van der Waals surface area contributed by atoms with Gasteiger partial charge >= 0.3 is 5.97 Å². The highest BCUT2D eigenvalue weighted by Crippen LogP contribution is 2.24. The van der Waals surface area contributed by atoms with Crippen molar-refractivity contribution in [2.75, 3.05) is 18.5 Å². The first-order chi connectivity index (χ1) is 9.08. The first-order valence-electron chi connectivity index (χ1n) is 6.31. The molecular formula is C13H17BrN2O3. The Morgan fingerprint density at radius 3 is 2.89 bits per heavy atom. The van der Waals surface area contributed by atoms with E-state index in [9.17, 15) is 9.90 Å². The van der Waals surface area contributed by atoms with Gasteiger partial charge in [-0.05, 0) is 47.7 Å². The normalized spacial score (nSPS) is 18.0. The standard InChI is InChI=1S/C13H17BrN2O3/c1-8(9-2-4-19-5-3-9)16-12-11(13(17)18)6-10(14)7-15-12/h6-9H,2-5H2,1H3,(H,15,16)(H,17,18). The minimum Gasteiger partial charge on any atom is -0.478 e. The Kier molecular flexibility index (Phi) is 4.76. The summed E-state index contributed by atoms with van der Waals surface area (Å²) < 4.78 is 6.00. The van der Waals surface area contributed by atoms with E-state index >= 15 is 0 Å². The van der Waals surface area contributed by atoms with Crippen LogP contribution in [0.5, 0.6) is 0 Å². The highest BCUT2D eigenvalue weighted by atomic mass is 79.9. The summed E-state index contributed by atoms with van der Waals surface area (Å²) in [6.07, 6.45) is 3.59. The van der Waals surface area contributed by atoms with E-state index in [4.69, 9.17) is 4.74 Å². The zero-order valence-corrected chi connectivity index (χ0v) is 12.3. The third-order valence-corrected chi connectivity index (χ3v) is 3.86. The van der Waals surface area contributed by atoms with Crippen molar-refractivity contribution in [1.29, 1.82) is 0 Å². The maximum atomic E-state index is 11.2. The summed E-state index contributed by atoms with van der Waals surface area (Å²) >= 11 is 3.24. The largest absolute Gasteiger partial charge is 0.478 e. The van der Waals surface area contributed by atoms with Crippen LogP contribution in [0.3, 0.4) is 0 Å². The number of carbonyl (C=O) groups is 1.